The van der Waals surface area contributed by atoms with Crippen molar-refractivity contribution < 1.29 is 4.79 Å². The highest BCUT2D eigenvalue weighted by Crippen LogP contribution is 2.33. The van der Waals surface area contributed by atoms with Crippen LogP contribution < -0.4 is 5.56 Å². The van der Waals surface area contributed by atoms with Crippen molar-refractivity contribution in [2.45, 2.75) is 51.6 Å². The van der Waals surface area contributed by atoms with Gasteiger partial charge in [0.1, 0.15) is 4.83 Å². The number of aromatic nitrogens is 4. The van der Waals surface area contributed by atoms with Crippen molar-refractivity contribution in [1.29, 1.82) is 0 Å². The number of amides is 1. The van der Waals surface area contributed by atoms with Gasteiger partial charge in [-0.1, -0.05) is 0 Å². The summed E-state index contributed by atoms with van der Waals surface area (Å²) in [6.45, 7) is 2.32. The second-order valence-corrected chi connectivity index (χ2v) is 8.60. The number of carbonyl (C=O) groups is 1. The number of thiophene rings is 1. The highest BCUT2D eigenvalue weighted by molar-refractivity contribution is 7.18. The van der Waals surface area contributed by atoms with E-state index in [9.17, 15) is 9.59 Å². The second kappa shape index (κ2) is 7.50. The Hall–Kier alpha value is -2.48. The number of aryl methyl sites for hydroxylation is 4. The molecule has 3 aromatic heterocycles. The highest BCUT2D eigenvalue weighted by atomic mass is 32.1. The molecule has 0 saturated heterocycles. The van der Waals surface area contributed by atoms with Crippen molar-refractivity contribution in [3.8, 4) is 0 Å². The second-order valence-electron chi connectivity index (χ2n) is 7.51. The molecule has 0 aliphatic heterocycles. The average Bonchev–Trinajstić information content (AvgIpc) is 3.29. The lowest BCUT2D eigenvalue weighted by Crippen LogP contribution is -2.31. The SMILES string of the molecule is CC(c1cnn(C)c1)N(C)C(=O)CCn1cnc2sc3c(c2c1=O)CCCC3. The van der Waals surface area contributed by atoms with Gasteiger partial charge < -0.3 is 4.90 Å². The summed E-state index contributed by atoms with van der Waals surface area (Å²) in [7, 11) is 3.65. The molecule has 0 spiro atoms. The normalized spacial score (nSPS) is 14.8. The first-order valence-corrected chi connectivity index (χ1v) is 10.5. The maximum Gasteiger partial charge on any atom is 0.262 e. The summed E-state index contributed by atoms with van der Waals surface area (Å²) in [5, 5.41) is 4.94. The molecule has 0 saturated carbocycles. The van der Waals surface area contributed by atoms with Gasteiger partial charge in [-0.05, 0) is 38.2 Å². The topological polar surface area (TPSA) is 73.0 Å². The minimum Gasteiger partial charge on any atom is -0.339 e. The molecule has 1 unspecified atom stereocenters. The van der Waals surface area contributed by atoms with E-state index in [4.69, 9.17) is 0 Å². The summed E-state index contributed by atoms with van der Waals surface area (Å²) in [5.41, 5.74) is 2.16. The van der Waals surface area contributed by atoms with E-state index in [1.54, 1.807) is 45.1 Å². The van der Waals surface area contributed by atoms with Gasteiger partial charge in [0.15, 0.2) is 0 Å². The van der Waals surface area contributed by atoms with Crippen molar-refractivity contribution in [2.75, 3.05) is 7.05 Å². The van der Waals surface area contributed by atoms with Crippen LogP contribution in [0.1, 0.15) is 48.2 Å². The minimum absolute atomic E-state index is 0.00398. The third-order valence-electron chi connectivity index (χ3n) is 5.69. The third-order valence-corrected chi connectivity index (χ3v) is 6.89. The molecule has 1 atom stereocenters. The molecule has 1 aliphatic carbocycles. The monoisotopic (exact) mass is 399 g/mol. The van der Waals surface area contributed by atoms with Gasteiger partial charge in [-0.25, -0.2) is 4.98 Å². The fourth-order valence-electron chi connectivity index (χ4n) is 3.83. The maximum absolute atomic E-state index is 13.0. The Bertz CT molecular complexity index is 1080. The van der Waals surface area contributed by atoms with Gasteiger partial charge in [-0.3, -0.25) is 18.8 Å². The molecule has 0 bridgehead atoms. The fourth-order valence-corrected chi connectivity index (χ4v) is 5.05. The van der Waals surface area contributed by atoms with Crippen LogP contribution >= 0.6 is 11.3 Å². The van der Waals surface area contributed by atoms with E-state index in [1.807, 2.05) is 20.2 Å². The molecule has 1 amide bonds. The average molecular weight is 400 g/mol. The largest absolute Gasteiger partial charge is 0.339 e. The molecule has 0 radical (unpaired) electrons. The number of hydrogen-bond acceptors (Lipinski definition) is 5. The van der Waals surface area contributed by atoms with Crippen LogP contribution in [0.15, 0.2) is 23.5 Å². The van der Waals surface area contributed by atoms with Crippen LogP contribution in [0.3, 0.4) is 0 Å². The molecule has 3 aromatic rings. The fraction of sp³-hybridized carbons (Fsp3) is 0.500. The van der Waals surface area contributed by atoms with E-state index in [2.05, 4.69) is 10.1 Å². The standard InChI is InChI=1S/C20H25N5O2S/c1-13(14-10-22-23(2)11-14)24(3)17(26)8-9-25-12-21-19-18(20(25)27)15-6-4-5-7-16(15)28-19/h10-13H,4-9H2,1-3H3. The lowest BCUT2D eigenvalue weighted by molar-refractivity contribution is -0.132. The molecule has 7 nitrogen and oxygen atoms in total. The summed E-state index contributed by atoms with van der Waals surface area (Å²) in [4.78, 5) is 34.0. The van der Waals surface area contributed by atoms with Crippen molar-refractivity contribution in [1.82, 2.24) is 24.2 Å². The first-order chi connectivity index (χ1) is 13.5. The first-order valence-electron chi connectivity index (χ1n) is 9.69. The number of nitrogens with zero attached hydrogens (tertiary/aromatic N) is 5. The van der Waals surface area contributed by atoms with Crippen molar-refractivity contribution >= 4 is 27.5 Å². The Morgan fingerprint density at radius 2 is 2.14 bits per heavy atom. The summed E-state index contributed by atoms with van der Waals surface area (Å²) >= 11 is 1.65. The zero-order valence-electron chi connectivity index (χ0n) is 16.5. The van der Waals surface area contributed by atoms with E-state index >= 15 is 0 Å². The maximum atomic E-state index is 13.0. The zero-order chi connectivity index (χ0) is 19.8. The van der Waals surface area contributed by atoms with Gasteiger partial charge in [-0.15, -0.1) is 11.3 Å². The summed E-state index contributed by atoms with van der Waals surface area (Å²) in [6, 6.07) is -0.0672. The van der Waals surface area contributed by atoms with Crippen LogP contribution in [0, 0.1) is 0 Å². The van der Waals surface area contributed by atoms with Gasteiger partial charge in [0.2, 0.25) is 5.91 Å². The number of hydrogen-bond donors (Lipinski definition) is 0. The van der Waals surface area contributed by atoms with Crippen molar-refractivity contribution in [3.63, 3.8) is 0 Å². The third kappa shape index (κ3) is 3.37. The minimum atomic E-state index is -0.0672. The van der Waals surface area contributed by atoms with E-state index in [1.165, 1.54) is 16.9 Å². The Morgan fingerprint density at radius 1 is 1.36 bits per heavy atom. The molecule has 1 aliphatic rings. The predicted molar refractivity (Wildman–Crippen MR) is 110 cm³/mol. The van der Waals surface area contributed by atoms with Gasteiger partial charge >= 0.3 is 0 Å². The Labute approximate surface area is 167 Å². The molecule has 148 valence electrons. The smallest absolute Gasteiger partial charge is 0.262 e. The summed E-state index contributed by atoms with van der Waals surface area (Å²) < 4.78 is 3.32. The molecule has 0 aromatic carbocycles. The lowest BCUT2D eigenvalue weighted by atomic mass is 9.97. The van der Waals surface area contributed by atoms with Crippen LogP contribution in [-0.2, 0) is 31.2 Å². The lowest BCUT2D eigenvalue weighted by Gasteiger charge is -2.24. The van der Waals surface area contributed by atoms with Crippen molar-refractivity contribution in [2.24, 2.45) is 7.05 Å². The van der Waals surface area contributed by atoms with Crippen LogP contribution in [0.4, 0.5) is 0 Å². The molecule has 4 rings (SSSR count). The quantitative estimate of drug-likeness (QED) is 0.661. The molecule has 0 fully saturated rings. The van der Waals surface area contributed by atoms with E-state index in [0.29, 0.717) is 6.54 Å². The molecular formula is C20H25N5O2S. The van der Waals surface area contributed by atoms with E-state index in [-0.39, 0.29) is 23.9 Å². The van der Waals surface area contributed by atoms with E-state index in [0.717, 1.165) is 35.0 Å². The van der Waals surface area contributed by atoms with Crippen LogP contribution in [0.5, 0.6) is 0 Å². The molecule has 3 heterocycles. The molecule has 28 heavy (non-hydrogen) atoms. The molecular weight excluding hydrogens is 374 g/mol. The zero-order valence-corrected chi connectivity index (χ0v) is 17.3. The van der Waals surface area contributed by atoms with Crippen LogP contribution in [-0.4, -0.2) is 37.2 Å². The van der Waals surface area contributed by atoms with Crippen LogP contribution in [0.25, 0.3) is 10.2 Å². The Kier molecular flexibility index (Phi) is 5.05. The Balaban J connectivity index is 1.50. The highest BCUT2D eigenvalue weighted by Gasteiger charge is 2.21. The van der Waals surface area contributed by atoms with Crippen LogP contribution in [0.2, 0.25) is 0 Å². The van der Waals surface area contributed by atoms with Gasteiger partial charge in [0.05, 0.1) is 24.0 Å². The number of fused-ring (bicyclic) bond motifs is 3. The number of rotatable bonds is 5. The molecule has 8 heteroatoms. The summed E-state index contributed by atoms with van der Waals surface area (Å²) in [6.07, 6.45) is 9.86. The van der Waals surface area contributed by atoms with Crippen molar-refractivity contribution in [3.05, 3.63) is 45.1 Å². The van der Waals surface area contributed by atoms with E-state index < -0.39 is 0 Å². The van der Waals surface area contributed by atoms with Gasteiger partial charge in [0, 0.05) is 43.7 Å². The van der Waals surface area contributed by atoms with Gasteiger partial charge in [0.25, 0.3) is 5.56 Å². The summed E-state index contributed by atoms with van der Waals surface area (Å²) in [5.74, 6) is -0.00398. The Morgan fingerprint density at radius 3 is 2.89 bits per heavy atom. The van der Waals surface area contributed by atoms with Gasteiger partial charge in [-0.2, -0.15) is 5.10 Å². The predicted octanol–water partition coefficient (Wildman–Crippen LogP) is 2.68. The molecule has 0 N–H and O–H groups in total. The first kappa shape index (κ1) is 18.9. The number of carbonyl (C=O) groups excluding carboxylic acids is 1.